The molecular weight excluding hydrogens is 270 g/mol. The molecule has 1 amide bonds. The largest absolute Gasteiger partial charge is 0.379 e. The maximum atomic E-state index is 12.1. The van der Waals surface area contributed by atoms with Gasteiger partial charge in [-0.05, 0) is 24.3 Å². The van der Waals surface area contributed by atoms with Crippen molar-refractivity contribution < 1.29 is 9.53 Å². The van der Waals surface area contributed by atoms with Crippen molar-refractivity contribution in [1.82, 2.24) is 14.8 Å². The number of rotatable bonds is 3. The molecule has 0 spiro atoms. The molecule has 110 valence electrons. The van der Waals surface area contributed by atoms with E-state index >= 15 is 0 Å². The van der Waals surface area contributed by atoms with E-state index in [0.29, 0.717) is 13.2 Å². The first-order chi connectivity index (χ1) is 10.1. The molecule has 1 saturated heterocycles. The summed E-state index contributed by atoms with van der Waals surface area (Å²) < 4.78 is 7.04. The minimum Gasteiger partial charge on any atom is -0.379 e. The number of ether oxygens (including phenoxy) is 1. The van der Waals surface area contributed by atoms with E-state index < -0.39 is 0 Å². The van der Waals surface area contributed by atoms with Crippen molar-refractivity contribution in [2.45, 2.75) is 6.04 Å². The van der Waals surface area contributed by atoms with E-state index in [1.165, 1.54) is 0 Å². The van der Waals surface area contributed by atoms with Crippen LogP contribution in [-0.4, -0.2) is 39.9 Å². The number of hydrogen-bond donors (Lipinski definition) is 2. The Morgan fingerprint density at radius 3 is 2.71 bits per heavy atom. The Labute approximate surface area is 122 Å². The van der Waals surface area contributed by atoms with Crippen LogP contribution in [0, 0.1) is 5.92 Å². The molecule has 1 aromatic heterocycles. The summed E-state index contributed by atoms with van der Waals surface area (Å²) in [6.07, 6.45) is 1.65. The maximum absolute atomic E-state index is 12.1. The number of aryl methyl sites for hydroxylation is 1. The number of aromatic nitrogens is 3. The average Bonchev–Trinajstić information content (AvgIpc) is 3.08. The molecule has 0 radical (unpaired) electrons. The standard InChI is InChI=1S/C14H17N5O2/c1-19-8-16-18-13(19)9-2-4-10(5-3-9)17-14(20)11-6-21-7-12(11)15/h2-5,8,11-12H,6-7,15H2,1H3,(H,17,20). The van der Waals surface area contributed by atoms with Crippen LogP contribution in [0.5, 0.6) is 0 Å². The van der Waals surface area contributed by atoms with Crippen molar-refractivity contribution in [2.75, 3.05) is 18.5 Å². The number of nitrogens with one attached hydrogen (secondary N) is 1. The second-order valence-electron chi connectivity index (χ2n) is 5.14. The molecular formula is C14H17N5O2. The van der Waals surface area contributed by atoms with Gasteiger partial charge in [-0.3, -0.25) is 4.79 Å². The minimum atomic E-state index is -0.289. The number of anilines is 1. The molecule has 7 heteroatoms. The van der Waals surface area contributed by atoms with Gasteiger partial charge >= 0.3 is 0 Å². The molecule has 2 atom stereocenters. The molecule has 0 aliphatic carbocycles. The predicted octanol–water partition coefficient (Wildman–Crippen LogP) is 0.394. The number of carbonyl (C=O) groups is 1. The maximum Gasteiger partial charge on any atom is 0.231 e. The van der Waals surface area contributed by atoms with Gasteiger partial charge in [-0.2, -0.15) is 0 Å². The summed E-state index contributed by atoms with van der Waals surface area (Å²) in [4.78, 5) is 12.1. The number of amides is 1. The Morgan fingerprint density at radius 2 is 2.14 bits per heavy atom. The summed E-state index contributed by atoms with van der Waals surface area (Å²) in [6.45, 7) is 0.813. The predicted molar refractivity (Wildman–Crippen MR) is 77.4 cm³/mol. The summed E-state index contributed by atoms with van der Waals surface area (Å²) in [7, 11) is 1.88. The number of benzene rings is 1. The Bertz CT molecular complexity index is 637. The van der Waals surface area contributed by atoms with E-state index in [1.807, 2.05) is 35.9 Å². The fourth-order valence-corrected chi connectivity index (χ4v) is 2.32. The molecule has 0 bridgehead atoms. The van der Waals surface area contributed by atoms with Gasteiger partial charge in [-0.25, -0.2) is 0 Å². The molecule has 1 aliphatic rings. The lowest BCUT2D eigenvalue weighted by Gasteiger charge is -2.13. The van der Waals surface area contributed by atoms with Crippen LogP contribution in [0.3, 0.4) is 0 Å². The molecule has 1 fully saturated rings. The van der Waals surface area contributed by atoms with Gasteiger partial charge in [-0.15, -0.1) is 10.2 Å². The summed E-state index contributed by atoms with van der Waals surface area (Å²) in [5, 5.41) is 10.7. The van der Waals surface area contributed by atoms with Crippen LogP contribution in [-0.2, 0) is 16.6 Å². The summed E-state index contributed by atoms with van der Waals surface area (Å²) in [6, 6.07) is 7.23. The first kappa shape index (κ1) is 13.7. The fourth-order valence-electron chi connectivity index (χ4n) is 2.32. The first-order valence-electron chi connectivity index (χ1n) is 6.74. The third kappa shape index (κ3) is 2.79. The van der Waals surface area contributed by atoms with Crippen LogP contribution in [0.1, 0.15) is 0 Å². The molecule has 2 heterocycles. The van der Waals surface area contributed by atoms with E-state index in [0.717, 1.165) is 17.1 Å². The quantitative estimate of drug-likeness (QED) is 0.851. The number of nitrogens with two attached hydrogens (primary N) is 1. The molecule has 3 rings (SSSR count). The summed E-state index contributed by atoms with van der Waals surface area (Å²) in [5.74, 6) is 0.383. The van der Waals surface area contributed by atoms with E-state index in [9.17, 15) is 4.79 Å². The smallest absolute Gasteiger partial charge is 0.231 e. The van der Waals surface area contributed by atoms with Gasteiger partial charge in [0.25, 0.3) is 0 Å². The van der Waals surface area contributed by atoms with Gasteiger partial charge < -0.3 is 20.4 Å². The van der Waals surface area contributed by atoms with Crippen molar-refractivity contribution in [3.63, 3.8) is 0 Å². The van der Waals surface area contributed by atoms with Gasteiger partial charge in [0, 0.05) is 24.3 Å². The highest BCUT2D eigenvalue weighted by Crippen LogP contribution is 2.20. The molecule has 7 nitrogen and oxygen atoms in total. The zero-order chi connectivity index (χ0) is 14.8. The number of nitrogens with zero attached hydrogens (tertiary/aromatic N) is 3. The van der Waals surface area contributed by atoms with Crippen LogP contribution >= 0.6 is 0 Å². The lowest BCUT2D eigenvalue weighted by atomic mass is 10.0. The highest BCUT2D eigenvalue weighted by Gasteiger charge is 2.31. The normalized spacial score (nSPS) is 21.4. The van der Waals surface area contributed by atoms with Crippen LogP contribution in [0.2, 0.25) is 0 Å². The Balaban J connectivity index is 1.70. The Kier molecular flexibility index (Phi) is 3.68. The van der Waals surface area contributed by atoms with Gasteiger partial charge in [0.15, 0.2) is 5.82 Å². The van der Waals surface area contributed by atoms with E-state index in [1.54, 1.807) is 6.33 Å². The average molecular weight is 287 g/mol. The second-order valence-corrected chi connectivity index (χ2v) is 5.14. The highest BCUT2D eigenvalue weighted by atomic mass is 16.5. The third-order valence-corrected chi connectivity index (χ3v) is 3.58. The van der Waals surface area contributed by atoms with Gasteiger partial charge in [0.1, 0.15) is 6.33 Å². The van der Waals surface area contributed by atoms with Crippen molar-refractivity contribution in [2.24, 2.45) is 18.7 Å². The zero-order valence-corrected chi connectivity index (χ0v) is 11.7. The zero-order valence-electron chi connectivity index (χ0n) is 11.7. The Morgan fingerprint density at radius 1 is 1.38 bits per heavy atom. The number of hydrogen-bond acceptors (Lipinski definition) is 5. The van der Waals surface area contributed by atoms with Crippen molar-refractivity contribution in [1.29, 1.82) is 0 Å². The SMILES string of the molecule is Cn1cnnc1-c1ccc(NC(=O)C2COCC2N)cc1. The van der Waals surface area contributed by atoms with E-state index in [-0.39, 0.29) is 17.9 Å². The van der Waals surface area contributed by atoms with Crippen molar-refractivity contribution in [3.8, 4) is 11.4 Å². The van der Waals surface area contributed by atoms with Gasteiger partial charge in [0.2, 0.25) is 5.91 Å². The highest BCUT2D eigenvalue weighted by molar-refractivity contribution is 5.93. The topological polar surface area (TPSA) is 95.1 Å². The second kappa shape index (κ2) is 5.63. The van der Waals surface area contributed by atoms with E-state index in [2.05, 4.69) is 15.5 Å². The lowest BCUT2D eigenvalue weighted by Crippen LogP contribution is -2.37. The van der Waals surface area contributed by atoms with E-state index in [4.69, 9.17) is 10.5 Å². The van der Waals surface area contributed by atoms with Crippen LogP contribution in [0.25, 0.3) is 11.4 Å². The van der Waals surface area contributed by atoms with Crippen LogP contribution in [0.4, 0.5) is 5.69 Å². The third-order valence-electron chi connectivity index (χ3n) is 3.58. The summed E-state index contributed by atoms with van der Waals surface area (Å²) >= 11 is 0. The van der Waals surface area contributed by atoms with Gasteiger partial charge in [0.05, 0.1) is 19.1 Å². The fraction of sp³-hybridized carbons (Fsp3) is 0.357. The molecule has 2 aromatic rings. The molecule has 1 aromatic carbocycles. The molecule has 3 N–H and O–H groups in total. The summed E-state index contributed by atoms with van der Waals surface area (Å²) in [5.41, 5.74) is 7.50. The number of carbonyl (C=O) groups excluding carboxylic acids is 1. The molecule has 2 unspecified atom stereocenters. The lowest BCUT2D eigenvalue weighted by molar-refractivity contribution is -0.120. The Hall–Kier alpha value is -2.25. The van der Waals surface area contributed by atoms with Gasteiger partial charge in [-0.1, -0.05) is 0 Å². The first-order valence-corrected chi connectivity index (χ1v) is 6.74. The van der Waals surface area contributed by atoms with Crippen LogP contribution < -0.4 is 11.1 Å². The van der Waals surface area contributed by atoms with Crippen molar-refractivity contribution >= 4 is 11.6 Å². The molecule has 21 heavy (non-hydrogen) atoms. The molecule has 1 aliphatic heterocycles. The van der Waals surface area contributed by atoms with Crippen LogP contribution in [0.15, 0.2) is 30.6 Å². The van der Waals surface area contributed by atoms with Crippen molar-refractivity contribution in [3.05, 3.63) is 30.6 Å². The monoisotopic (exact) mass is 287 g/mol. The minimum absolute atomic E-state index is 0.105. The molecule has 0 saturated carbocycles.